The number of hydrogen-bond acceptors (Lipinski definition) is 2. The minimum atomic E-state index is 0.928. The molecule has 0 aliphatic carbocycles. The zero-order valence-electron chi connectivity index (χ0n) is 16.7. The van der Waals surface area contributed by atoms with Crippen LogP contribution in [0.2, 0.25) is 0 Å². The Kier molecular flexibility index (Phi) is 2.91. The fourth-order valence-corrected chi connectivity index (χ4v) is 5.06. The average Bonchev–Trinajstić information content (AvgIpc) is 3.33. The molecule has 0 saturated heterocycles. The van der Waals surface area contributed by atoms with Crippen LogP contribution in [0.4, 0.5) is 0 Å². The normalized spacial score (nSPS) is 12.3. The quantitative estimate of drug-likeness (QED) is 0.261. The van der Waals surface area contributed by atoms with Crippen molar-refractivity contribution in [2.75, 3.05) is 0 Å². The molecule has 0 amide bonds. The van der Waals surface area contributed by atoms with Crippen molar-refractivity contribution in [3.8, 4) is 0 Å². The van der Waals surface area contributed by atoms with E-state index >= 15 is 0 Å². The predicted molar refractivity (Wildman–Crippen MR) is 125 cm³/mol. The van der Waals surface area contributed by atoms with Crippen LogP contribution in [0.3, 0.4) is 0 Å². The van der Waals surface area contributed by atoms with E-state index in [0.29, 0.717) is 0 Å². The van der Waals surface area contributed by atoms with Gasteiger partial charge >= 0.3 is 0 Å². The highest BCUT2D eigenvalue weighted by Gasteiger charge is 2.21. The van der Waals surface area contributed by atoms with Crippen LogP contribution in [-0.2, 0) is 0 Å². The number of hydrogen-bond donors (Lipinski definition) is 0. The molecule has 0 fully saturated rings. The molecular formula is C28H18O2. The first-order valence-electron chi connectivity index (χ1n) is 10.3. The van der Waals surface area contributed by atoms with Gasteiger partial charge in [0.05, 0.1) is 0 Å². The molecule has 30 heavy (non-hydrogen) atoms. The van der Waals surface area contributed by atoms with Gasteiger partial charge in [0.1, 0.15) is 22.3 Å². The number of furan rings is 2. The molecule has 5 aromatic carbocycles. The van der Waals surface area contributed by atoms with E-state index in [0.717, 1.165) is 55.0 Å². The molecule has 0 bridgehead atoms. The lowest BCUT2D eigenvalue weighted by Crippen LogP contribution is -1.83. The smallest absolute Gasteiger partial charge is 0.139 e. The van der Waals surface area contributed by atoms with Crippen LogP contribution in [0.1, 0.15) is 11.1 Å². The summed E-state index contributed by atoms with van der Waals surface area (Å²) < 4.78 is 12.9. The number of benzene rings is 5. The molecule has 2 nitrogen and oxygen atoms in total. The van der Waals surface area contributed by atoms with Crippen LogP contribution in [0.15, 0.2) is 81.6 Å². The summed E-state index contributed by atoms with van der Waals surface area (Å²) in [7, 11) is 0. The van der Waals surface area contributed by atoms with E-state index in [4.69, 9.17) is 8.83 Å². The fourth-order valence-electron chi connectivity index (χ4n) is 5.06. The lowest BCUT2D eigenvalue weighted by Gasteiger charge is -2.03. The zero-order valence-corrected chi connectivity index (χ0v) is 16.7. The van der Waals surface area contributed by atoms with Crippen LogP contribution in [0, 0.1) is 13.8 Å². The van der Waals surface area contributed by atoms with Crippen LogP contribution in [-0.4, -0.2) is 0 Å². The third-order valence-corrected chi connectivity index (χ3v) is 6.54. The van der Waals surface area contributed by atoms with Gasteiger partial charge in [0.15, 0.2) is 0 Å². The van der Waals surface area contributed by atoms with Crippen molar-refractivity contribution in [2.45, 2.75) is 13.8 Å². The second-order valence-corrected chi connectivity index (χ2v) is 8.25. The summed E-state index contributed by atoms with van der Waals surface area (Å²) in [4.78, 5) is 0. The Morgan fingerprint density at radius 3 is 1.27 bits per heavy atom. The first kappa shape index (κ1) is 16.1. The van der Waals surface area contributed by atoms with Crippen molar-refractivity contribution in [3.63, 3.8) is 0 Å². The van der Waals surface area contributed by atoms with E-state index in [2.05, 4.69) is 86.6 Å². The second-order valence-electron chi connectivity index (χ2n) is 8.25. The number of aryl methyl sites for hydroxylation is 2. The minimum Gasteiger partial charge on any atom is -0.456 e. The molecule has 142 valence electrons. The maximum Gasteiger partial charge on any atom is 0.139 e. The van der Waals surface area contributed by atoms with Gasteiger partial charge in [-0.25, -0.2) is 0 Å². The lowest BCUT2D eigenvalue weighted by atomic mass is 9.97. The summed E-state index contributed by atoms with van der Waals surface area (Å²) in [6.07, 6.45) is 0. The third kappa shape index (κ3) is 1.93. The Bertz CT molecular complexity index is 1680. The first-order chi connectivity index (χ1) is 14.7. The van der Waals surface area contributed by atoms with Crippen molar-refractivity contribution >= 4 is 65.4 Å². The van der Waals surface area contributed by atoms with Gasteiger partial charge in [0.25, 0.3) is 0 Å². The van der Waals surface area contributed by atoms with E-state index in [1.807, 2.05) is 0 Å². The third-order valence-electron chi connectivity index (χ3n) is 6.54. The van der Waals surface area contributed by atoms with Crippen LogP contribution >= 0.6 is 0 Å². The summed E-state index contributed by atoms with van der Waals surface area (Å²) in [5.74, 6) is 0. The Hall–Kier alpha value is -3.78. The molecule has 0 aliphatic heterocycles. The number of rotatable bonds is 0. The molecule has 7 aromatic rings. The minimum absolute atomic E-state index is 0.928. The molecule has 2 aromatic heterocycles. The summed E-state index contributed by atoms with van der Waals surface area (Å²) >= 11 is 0. The highest BCUT2D eigenvalue weighted by atomic mass is 16.3. The van der Waals surface area contributed by atoms with Gasteiger partial charge in [0.2, 0.25) is 0 Å². The summed E-state index contributed by atoms with van der Waals surface area (Å²) in [6.45, 7) is 4.30. The number of fused-ring (bicyclic) bond motifs is 8. The molecule has 0 spiro atoms. The first-order valence-corrected chi connectivity index (χ1v) is 10.3. The Balaban J connectivity index is 1.71. The summed E-state index contributed by atoms with van der Waals surface area (Å²) in [6, 6.07) is 25.6. The molecular weight excluding hydrogens is 368 g/mol. The molecule has 0 atom stereocenters. The lowest BCUT2D eigenvalue weighted by molar-refractivity contribution is 0.660. The molecule has 0 unspecified atom stereocenters. The Morgan fingerprint density at radius 2 is 0.867 bits per heavy atom. The molecule has 0 radical (unpaired) electrons. The SMILES string of the molecule is Cc1c2oc3cc4ccccc4cc3c2c(C)c2oc3cc4ccccc4cc3c12. The van der Waals surface area contributed by atoms with Gasteiger partial charge in [-0.3, -0.25) is 0 Å². The van der Waals surface area contributed by atoms with Crippen LogP contribution < -0.4 is 0 Å². The highest BCUT2D eigenvalue weighted by molar-refractivity contribution is 6.21. The summed E-state index contributed by atoms with van der Waals surface area (Å²) in [5.41, 5.74) is 6.05. The maximum atomic E-state index is 6.44. The predicted octanol–water partition coefficient (Wildman–Crippen LogP) is 8.41. The summed E-state index contributed by atoms with van der Waals surface area (Å²) in [5, 5.41) is 9.45. The van der Waals surface area contributed by atoms with Crippen LogP contribution in [0.25, 0.3) is 65.4 Å². The second kappa shape index (κ2) is 5.43. The van der Waals surface area contributed by atoms with Gasteiger partial charge in [0, 0.05) is 32.7 Å². The molecule has 0 aliphatic rings. The van der Waals surface area contributed by atoms with Crippen molar-refractivity contribution in [2.24, 2.45) is 0 Å². The van der Waals surface area contributed by atoms with E-state index in [9.17, 15) is 0 Å². The highest BCUT2D eigenvalue weighted by Crippen LogP contribution is 2.43. The fraction of sp³-hybridized carbons (Fsp3) is 0.0714. The average molecular weight is 386 g/mol. The van der Waals surface area contributed by atoms with E-state index in [-0.39, 0.29) is 0 Å². The van der Waals surface area contributed by atoms with Crippen molar-refractivity contribution in [1.29, 1.82) is 0 Å². The van der Waals surface area contributed by atoms with Gasteiger partial charge in [-0.05, 0) is 59.7 Å². The van der Waals surface area contributed by atoms with Crippen LogP contribution in [0.5, 0.6) is 0 Å². The molecule has 2 heterocycles. The van der Waals surface area contributed by atoms with Gasteiger partial charge in [-0.2, -0.15) is 0 Å². The standard InChI is InChI=1S/C28H18O2/c1-15-25-21-11-17-7-3-5-9-19(17)13-23(21)30-28(25)16(2)26-22-12-18-8-4-6-10-20(18)14-24(22)29-27(15)26/h3-14H,1-2H3. The zero-order chi connectivity index (χ0) is 20.0. The van der Waals surface area contributed by atoms with Crippen molar-refractivity contribution in [3.05, 3.63) is 83.9 Å². The molecule has 0 saturated carbocycles. The van der Waals surface area contributed by atoms with E-state index in [1.54, 1.807) is 0 Å². The maximum absolute atomic E-state index is 6.44. The van der Waals surface area contributed by atoms with E-state index < -0.39 is 0 Å². The monoisotopic (exact) mass is 386 g/mol. The van der Waals surface area contributed by atoms with Crippen molar-refractivity contribution in [1.82, 2.24) is 0 Å². The Morgan fingerprint density at radius 1 is 0.500 bits per heavy atom. The van der Waals surface area contributed by atoms with Gasteiger partial charge in [-0.1, -0.05) is 48.5 Å². The Labute approximate surface area is 172 Å². The van der Waals surface area contributed by atoms with Gasteiger partial charge < -0.3 is 8.83 Å². The van der Waals surface area contributed by atoms with Gasteiger partial charge in [-0.15, -0.1) is 0 Å². The largest absolute Gasteiger partial charge is 0.456 e. The van der Waals surface area contributed by atoms with E-state index in [1.165, 1.54) is 21.5 Å². The van der Waals surface area contributed by atoms with Crippen molar-refractivity contribution < 1.29 is 8.83 Å². The topological polar surface area (TPSA) is 26.3 Å². The molecule has 7 rings (SSSR count). The molecule has 0 N–H and O–H groups in total. The molecule has 2 heteroatoms.